The zero-order chi connectivity index (χ0) is 22.1. The van der Waals surface area contributed by atoms with Crippen LogP contribution in [0.15, 0.2) is 36.4 Å². The quantitative estimate of drug-likeness (QED) is 0.546. The first kappa shape index (κ1) is 21.7. The van der Waals surface area contributed by atoms with E-state index in [4.69, 9.17) is 9.47 Å². The molecule has 1 aliphatic heterocycles. The van der Waals surface area contributed by atoms with Crippen molar-refractivity contribution < 1.29 is 27.8 Å². The van der Waals surface area contributed by atoms with Crippen molar-refractivity contribution in [3.05, 3.63) is 59.2 Å². The van der Waals surface area contributed by atoms with Gasteiger partial charge in [-0.3, -0.25) is 9.59 Å². The van der Waals surface area contributed by atoms with E-state index in [0.29, 0.717) is 23.2 Å². The number of carbonyl (C=O) groups excluding carboxylic acids is 2. The zero-order valence-electron chi connectivity index (χ0n) is 17.5. The normalized spacial score (nSPS) is 16.7. The van der Waals surface area contributed by atoms with Crippen molar-refractivity contribution in [3.8, 4) is 5.75 Å². The van der Waals surface area contributed by atoms with E-state index in [1.807, 2.05) is 0 Å². The molecule has 5 nitrogen and oxygen atoms in total. The predicted molar refractivity (Wildman–Crippen MR) is 108 cm³/mol. The summed E-state index contributed by atoms with van der Waals surface area (Å²) in [6.45, 7) is 5.21. The van der Waals surface area contributed by atoms with Gasteiger partial charge in [0.05, 0.1) is 19.3 Å². The van der Waals surface area contributed by atoms with Crippen LogP contribution < -0.4 is 9.64 Å². The average Bonchev–Trinajstić information content (AvgIpc) is 2.77. The van der Waals surface area contributed by atoms with Crippen molar-refractivity contribution in [3.63, 3.8) is 0 Å². The zero-order valence-corrected chi connectivity index (χ0v) is 17.5. The SMILES string of the molecule is COc1cc2c(cc1F)CCC(C(=O)OC(C)(C)C)C(=O)N2Cc1cccc(F)c1. The molecular weight excluding hydrogens is 392 g/mol. The lowest BCUT2D eigenvalue weighted by molar-refractivity contribution is -0.162. The Hall–Kier alpha value is -2.96. The Morgan fingerprint density at radius 2 is 1.93 bits per heavy atom. The van der Waals surface area contributed by atoms with E-state index in [2.05, 4.69) is 0 Å². The molecule has 1 aliphatic rings. The summed E-state index contributed by atoms with van der Waals surface area (Å²) in [6, 6.07) is 8.62. The van der Waals surface area contributed by atoms with Crippen LogP contribution in [0, 0.1) is 17.6 Å². The van der Waals surface area contributed by atoms with Crippen LogP contribution in [0.25, 0.3) is 0 Å². The summed E-state index contributed by atoms with van der Waals surface area (Å²) < 4.78 is 38.6. The van der Waals surface area contributed by atoms with Gasteiger partial charge >= 0.3 is 5.97 Å². The second-order valence-electron chi connectivity index (χ2n) is 8.29. The van der Waals surface area contributed by atoms with Gasteiger partial charge in [0.2, 0.25) is 5.91 Å². The molecule has 0 aromatic heterocycles. The molecule has 1 amide bonds. The van der Waals surface area contributed by atoms with Crippen LogP contribution in [0.4, 0.5) is 14.5 Å². The number of hydrogen-bond donors (Lipinski definition) is 0. The summed E-state index contributed by atoms with van der Waals surface area (Å²) in [7, 11) is 1.34. The van der Waals surface area contributed by atoms with E-state index < -0.39 is 35.0 Å². The molecule has 7 heteroatoms. The van der Waals surface area contributed by atoms with Crippen molar-refractivity contribution in [1.82, 2.24) is 0 Å². The predicted octanol–water partition coefficient (Wildman–Crippen LogP) is 4.41. The fraction of sp³-hybridized carbons (Fsp3) is 0.391. The average molecular weight is 417 g/mol. The van der Waals surface area contributed by atoms with Gasteiger partial charge in [0.1, 0.15) is 17.3 Å². The number of methoxy groups -OCH3 is 1. The minimum Gasteiger partial charge on any atom is -0.494 e. The number of amides is 1. The molecule has 2 aromatic carbocycles. The van der Waals surface area contributed by atoms with Gasteiger partial charge in [-0.05, 0) is 62.9 Å². The minimum atomic E-state index is -1.04. The summed E-state index contributed by atoms with van der Waals surface area (Å²) in [5, 5.41) is 0. The Bertz CT molecular complexity index is 968. The molecule has 3 rings (SSSR count). The van der Waals surface area contributed by atoms with Crippen molar-refractivity contribution >= 4 is 17.6 Å². The molecule has 0 bridgehead atoms. The second kappa shape index (κ2) is 8.42. The first-order valence-corrected chi connectivity index (χ1v) is 9.74. The first-order valence-electron chi connectivity index (χ1n) is 9.74. The molecule has 0 N–H and O–H groups in total. The number of halogens is 2. The highest BCUT2D eigenvalue weighted by atomic mass is 19.1. The number of esters is 1. The molecular formula is C23H25F2NO4. The van der Waals surface area contributed by atoms with Gasteiger partial charge in [0.15, 0.2) is 11.6 Å². The van der Waals surface area contributed by atoms with Crippen LogP contribution >= 0.6 is 0 Å². The molecule has 30 heavy (non-hydrogen) atoms. The fourth-order valence-electron chi connectivity index (χ4n) is 3.49. The van der Waals surface area contributed by atoms with Gasteiger partial charge in [-0.1, -0.05) is 12.1 Å². The van der Waals surface area contributed by atoms with Gasteiger partial charge in [-0.15, -0.1) is 0 Å². The summed E-state index contributed by atoms with van der Waals surface area (Å²) in [6.07, 6.45) is 0.498. The molecule has 0 aliphatic carbocycles. The molecule has 1 unspecified atom stereocenters. The molecule has 1 atom stereocenters. The summed E-state index contributed by atoms with van der Waals surface area (Å²) in [4.78, 5) is 27.5. The maximum Gasteiger partial charge on any atom is 0.319 e. The number of aryl methyl sites for hydroxylation is 1. The number of anilines is 1. The van der Waals surface area contributed by atoms with E-state index in [0.717, 1.165) is 0 Å². The Kier molecular flexibility index (Phi) is 6.10. The molecule has 160 valence electrons. The van der Waals surface area contributed by atoms with Crippen LogP contribution in [0.5, 0.6) is 5.75 Å². The molecule has 1 heterocycles. The summed E-state index contributed by atoms with van der Waals surface area (Å²) in [5.41, 5.74) is 0.805. The third kappa shape index (κ3) is 4.78. The summed E-state index contributed by atoms with van der Waals surface area (Å²) in [5.74, 6) is -3.14. The van der Waals surface area contributed by atoms with Crippen LogP contribution in [0.3, 0.4) is 0 Å². The van der Waals surface area contributed by atoms with E-state index in [1.54, 1.807) is 32.9 Å². The minimum absolute atomic E-state index is 0.0125. The van der Waals surface area contributed by atoms with Crippen molar-refractivity contribution in [1.29, 1.82) is 0 Å². The lowest BCUT2D eigenvalue weighted by atomic mass is 10.00. The standard InChI is InChI=1S/C23H25F2NO4/c1-23(2,3)30-22(28)17-9-8-15-11-18(25)20(29-4)12-19(15)26(21(17)27)13-14-6-5-7-16(24)10-14/h5-7,10-12,17H,8-9,13H2,1-4H3. The highest BCUT2D eigenvalue weighted by molar-refractivity contribution is 6.07. The van der Waals surface area contributed by atoms with Gasteiger partial charge < -0.3 is 14.4 Å². The highest BCUT2D eigenvalue weighted by Gasteiger charge is 2.38. The maximum atomic E-state index is 14.3. The molecule has 0 saturated heterocycles. The van der Waals surface area contributed by atoms with Crippen molar-refractivity contribution in [2.45, 2.75) is 45.8 Å². The van der Waals surface area contributed by atoms with Crippen molar-refractivity contribution in [2.24, 2.45) is 5.92 Å². The lowest BCUT2D eigenvalue weighted by Crippen LogP contribution is -2.41. The Morgan fingerprint density at radius 3 is 2.57 bits per heavy atom. The Balaban J connectivity index is 2.05. The number of carbonyl (C=O) groups is 2. The Morgan fingerprint density at radius 1 is 1.20 bits per heavy atom. The van der Waals surface area contributed by atoms with Gasteiger partial charge in [0, 0.05) is 6.07 Å². The van der Waals surface area contributed by atoms with Gasteiger partial charge in [0.25, 0.3) is 0 Å². The second-order valence-corrected chi connectivity index (χ2v) is 8.29. The van der Waals surface area contributed by atoms with Crippen LogP contribution in [-0.2, 0) is 27.3 Å². The number of rotatable bonds is 4. The van der Waals surface area contributed by atoms with Gasteiger partial charge in [-0.2, -0.15) is 0 Å². The molecule has 0 saturated carbocycles. The van der Waals surface area contributed by atoms with Crippen LogP contribution in [-0.4, -0.2) is 24.6 Å². The molecule has 0 radical (unpaired) electrons. The largest absolute Gasteiger partial charge is 0.494 e. The molecule has 2 aromatic rings. The van der Waals surface area contributed by atoms with Crippen molar-refractivity contribution in [2.75, 3.05) is 12.0 Å². The Labute approximate surface area is 174 Å². The molecule has 0 fully saturated rings. The molecule has 0 spiro atoms. The van der Waals surface area contributed by atoms with Gasteiger partial charge in [-0.25, -0.2) is 8.78 Å². The topological polar surface area (TPSA) is 55.8 Å². The van der Waals surface area contributed by atoms with E-state index >= 15 is 0 Å². The third-order valence-corrected chi connectivity index (χ3v) is 4.83. The summed E-state index contributed by atoms with van der Waals surface area (Å²) >= 11 is 0. The first-order chi connectivity index (χ1) is 14.1. The monoisotopic (exact) mass is 417 g/mol. The van der Waals surface area contributed by atoms with E-state index in [-0.39, 0.29) is 18.7 Å². The van der Waals surface area contributed by atoms with Crippen LogP contribution in [0.1, 0.15) is 38.3 Å². The number of benzene rings is 2. The van der Waals surface area contributed by atoms with E-state index in [9.17, 15) is 18.4 Å². The van der Waals surface area contributed by atoms with Crippen LogP contribution in [0.2, 0.25) is 0 Å². The maximum absolute atomic E-state index is 14.3. The smallest absolute Gasteiger partial charge is 0.319 e. The number of fused-ring (bicyclic) bond motifs is 1. The third-order valence-electron chi connectivity index (χ3n) is 4.83. The number of nitrogens with zero attached hydrogens (tertiary/aromatic N) is 1. The highest BCUT2D eigenvalue weighted by Crippen LogP contribution is 2.36. The number of hydrogen-bond acceptors (Lipinski definition) is 4. The van der Waals surface area contributed by atoms with E-state index in [1.165, 1.54) is 36.3 Å². The fourth-order valence-corrected chi connectivity index (χ4v) is 3.49. The lowest BCUT2D eigenvalue weighted by Gasteiger charge is -2.27. The number of ether oxygens (including phenoxy) is 2.